The summed E-state index contributed by atoms with van der Waals surface area (Å²) in [5, 5.41) is 16.5. The number of aromatic nitrogens is 6. The third-order valence-corrected chi connectivity index (χ3v) is 6.79. The van der Waals surface area contributed by atoms with Crippen molar-refractivity contribution in [2.24, 2.45) is 7.05 Å². The van der Waals surface area contributed by atoms with Gasteiger partial charge in [-0.05, 0) is 17.7 Å². The fourth-order valence-electron chi connectivity index (χ4n) is 2.62. The van der Waals surface area contributed by atoms with E-state index in [1.807, 2.05) is 0 Å². The zero-order valence-electron chi connectivity index (χ0n) is 15.4. The lowest BCUT2D eigenvalue weighted by atomic mass is 10.2. The van der Waals surface area contributed by atoms with Crippen molar-refractivity contribution in [3.8, 4) is 0 Å². The van der Waals surface area contributed by atoms with Crippen molar-refractivity contribution < 1.29 is 4.79 Å². The third kappa shape index (κ3) is 4.33. The minimum absolute atomic E-state index is 0.200. The van der Waals surface area contributed by atoms with Gasteiger partial charge in [-0.25, -0.2) is 4.98 Å². The van der Waals surface area contributed by atoms with Gasteiger partial charge in [0.05, 0.1) is 6.20 Å². The molecule has 3 heterocycles. The van der Waals surface area contributed by atoms with Crippen LogP contribution in [-0.4, -0.2) is 35.4 Å². The number of hydrogen-bond acceptors (Lipinski definition) is 8. The van der Waals surface area contributed by atoms with Crippen molar-refractivity contribution in [3.05, 3.63) is 56.7 Å². The highest BCUT2D eigenvalue weighted by atomic mass is 35.5. The highest BCUT2D eigenvalue weighted by Gasteiger charge is 2.14. The van der Waals surface area contributed by atoms with E-state index in [0.717, 1.165) is 5.56 Å². The summed E-state index contributed by atoms with van der Waals surface area (Å²) in [4.78, 5) is 28.9. The van der Waals surface area contributed by atoms with Crippen LogP contribution in [-0.2, 0) is 24.1 Å². The van der Waals surface area contributed by atoms with E-state index in [-0.39, 0.29) is 12.1 Å². The summed E-state index contributed by atoms with van der Waals surface area (Å²) < 4.78 is 3.37. The number of aryl methyl sites for hydroxylation is 1. The number of hydrogen-bond donors (Lipinski definition) is 1. The van der Waals surface area contributed by atoms with E-state index in [2.05, 4.69) is 25.6 Å². The van der Waals surface area contributed by atoms with E-state index in [0.29, 0.717) is 36.3 Å². The van der Waals surface area contributed by atoms with Gasteiger partial charge in [0, 0.05) is 22.8 Å². The summed E-state index contributed by atoms with van der Waals surface area (Å²) in [5.41, 5.74) is 0.929. The highest BCUT2D eigenvalue weighted by Crippen LogP contribution is 2.33. The molecule has 30 heavy (non-hydrogen) atoms. The summed E-state index contributed by atoms with van der Waals surface area (Å²) in [6.45, 7) is -0.200. The molecule has 0 fully saturated rings. The van der Waals surface area contributed by atoms with Gasteiger partial charge in [0.1, 0.15) is 18.3 Å². The molecule has 4 rings (SSSR count). The summed E-state index contributed by atoms with van der Waals surface area (Å²) in [7, 11) is 1.69. The van der Waals surface area contributed by atoms with Crippen LogP contribution in [0.1, 0.15) is 5.56 Å². The number of fused-ring (bicyclic) bond motifs is 1. The molecular weight excluding hydrogens is 469 g/mol. The van der Waals surface area contributed by atoms with Crippen molar-refractivity contribution in [2.75, 3.05) is 5.32 Å². The minimum atomic E-state index is -0.413. The molecule has 0 unspecified atom stereocenters. The number of nitrogens with zero attached hydrogens (tertiary/aromatic N) is 6. The standard InChI is InChI=1S/C17H13Cl2N7O2S2/c1-25-14-9(5-21-25)15(28)26(8-20-14)6-13(27)22-16-23-24-17(30-16)29-7-10-11(18)3-2-4-12(10)19/h2-5,8H,6-7H2,1H3,(H,22,23,27). The van der Waals surface area contributed by atoms with Crippen LogP contribution in [0.4, 0.5) is 5.13 Å². The molecule has 0 aliphatic rings. The van der Waals surface area contributed by atoms with Crippen LogP contribution in [0, 0.1) is 0 Å². The SMILES string of the molecule is Cn1ncc2c(=O)n(CC(=O)Nc3nnc(SCc4c(Cl)cccc4Cl)s3)cnc21. The van der Waals surface area contributed by atoms with Gasteiger partial charge < -0.3 is 0 Å². The molecule has 1 N–H and O–H groups in total. The van der Waals surface area contributed by atoms with Crippen molar-refractivity contribution in [1.29, 1.82) is 0 Å². The Morgan fingerprint density at radius 3 is 2.80 bits per heavy atom. The first-order chi connectivity index (χ1) is 14.4. The molecule has 0 atom stereocenters. The zero-order chi connectivity index (χ0) is 21.3. The monoisotopic (exact) mass is 481 g/mol. The molecule has 0 aliphatic carbocycles. The Morgan fingerprint density at radius 1 is 1.27 bits per heavy atom. The van der Waals surface area contributed by atoms with Gasteiger partial charge >= 0.3 is 0 Å². The molecule has 0 radical (unpaired) electrons. The molecule has 1 aromatic carbocycles. The number of nitrogens with one attached hydrogen (secondary N) is 1. The Labute approximate surface area is 188 Å². The lowest BCUT2D eigenvalue weighted by molar-refractivity contribution is -0.116. The van der Waals surface area contributed by atoms with Gasteiger partial charge in [-0.3, -0.25) is 24.2 Å². The number of rotatable bonds is 6. The van der Waals surface area contributed by atoms with Gasteiger partial charge in [0.25, 0.3) is 5.56 Å². The normalized spacial score (nSPS) is 11.2. The quantitative estimate of drug-likeness (QED) is 0.332. The molecule has 154 valence electrons. The second-order valence-electron chi connectivity index (χ2n) is 6.09. The highest BCUT2D eigenvalue weighted by molar-refractivity contribution is 8.00. The van der Waals surface area contributed by atoms with Crippen LogP contribution in [0.2, 0.25) is 10.0 Å². The number of anilines is 1. The largest absolute Gasteiger partial charge is 0.299 e. The summed E-state index contributed by atoms with van der Waals surface area (Å²) in [6, 6.07) is 5.33. The van der Waals surface area contributed by atoms with Crippen molar-refractivity contribution in [1.82, 2.24) is 29.5 Å². The Hall–Kier alpha value is -2.47. The predicted molar refractivity (Wildman–Crippen MR) is 117 cm³/mol. The van der Waals surface area contributed by atoms with Crippen LogP contribution < -0.4 is 10.9 Å². The van der Waals surface area contributed by atoms with Gasteiger partial charge in [0.2, 0.25) is 11.0 Å². The second kappa shape index (κ2) is 8.72. The maximum Gasteiger partial charge on any atom is 0.264 e. The number of benzene rings is 1. The number of thioether (sulfide) groups is 1. The average Bonchev–Trinajstić information content (AvgIpc) is 3.30. The molecule has 0 saturated heterocycles. The topological polar surface area (TPSA) is 108 Å². The van der Waals surface area contributed by atoms with Crippen LogP contribution >= 0.6 is 46.3 Å². The molecule has 0 aliphatic heterocycles. The lowest BCUT2D eigenvalue weighted by Gasteiger charge is -2.05. The van der Waals surface area contributed by atoms with Gasteiger partial charge in [-0.1, -0.05) is 52.4 Å². The first-order valence-corrected chi connectivity index (χ1v) is 11.0. The van der Waals surface area contributed by atoms with Crippen molar-refractivity contribution >= 4 is 68.4 Å². The second-order valence-corrected chi connectivity index (χ2v) is 9.11. The molecule has 0 saturated carbocycles. The van der Waals surface area contributed by atoms with E-state index in [9.17, 15) is 9.59 Å². The fraction of sp³-hybridized carbons (Fsp3) is 0.176. The van der Waals surface area contributed by atoms with Crippen LogP contribution in [0.5, 0.6) is 0 Å². The Morgan fingerprint density at radius 2 is 2.03 bits per heavy atom. The molecule has 3 aromatic heterocycles. The predicted octanol–water partition coefficient (Wildman–Crippen LogP) is 3.22. The van der Waals surface area contributed by atoms with E-state index in [1.165, 1.54) is 44.9 Å². The van der Waals surface area contributed by atoms with E-state index in [1.54, 1.807) is 25.2 Å². The average molecular weight is 482 g/mol. The molecule has 0 bridgehead atoms. The maximum absolute atomic E-state index is 12.4. The zero-order valence-corrected chi connectivity index (χ0v) is 18.5. The van der Waals surface area contributed by atoms with Crippen LogP contribution in [0.3, 0.4) is 0 Å². The van der Waals surface area contributed by atoms with Crippen molar-refractivity contribution in [3.63, 3.8) is 0 Å². The number of halogens is 2. The molecule has 13 heteroatoms. The van der Waals surface area contributed by atoms with E-state index < -0.39 is 5.91 Å². The van der Waals surface area contributed by atoms with E-state index in [4.69, 9.17) is 23.2 Å². The smallest absolute Gasteiger partial charge is 0.264 e. The summed E-state index contributed by atoms with van der Waals surface area (Å²) in [5.74, 6) is 0.108. The van der Waals surface area contributed by atoms with Crippen LogP contribution in [0.15, 0.2) is 39.9 Å². The van der Waals surface area contributed by atoms with Crippen molar-refractivity contribution in [2.45, 2.75) is 16.6 Å². The Bertz CT molecular complexity index is 1280. The fourth-order valence-corrected chi connectivity index (χ4v) is 5.13. The van der Waals surface area contributed by atoms with Gasteiger partial charge in [-0.2, -0.15) is 5.10 Å². The summed E-state index contributed by atoms with van der Waals surface area (Å²) >= 11 is 15.0. The number of carbonyl (C=O) groups is 1. The van der Waals surface area contributed by atoms with E-state index >= 15 is 0 Å². The molecule has 0 spiro atoms. The van der Waals surface area contributed by atoms with Gasteiger partial charge in [-0.15, -0.1) is 10.2 Å². The third-order valence-electron chi connectivity index (χ3n) is 4.09. The summed E-state index contributed by atoms with van der Waals surface area (Å²) in [6.07, 6.45) is 2.75. The minimum Gasteiger partial charge on any atom is -0.299 e. The molecule has 9 nitrogen and oxygen atoms in total. The molecular formula is C17H13Cl2N7O2S2. The number of carbonyl (C=O) groups excluding carboxylic acids is 1. The number of amides is 1. The first kappa shape index (κ1) is 20.8. The first-order valence-electron chi connectivity index (χ1n) is 8.48. The Kier molecular flexibility index (Phi) is 6.04. The molecule has 4 aromatic rings. The molecule has 1 amide bonds. The lowest BCUT2D eigenvalue weighted by Crippen LogP contribution is -2.27. The van der Waals surface area contributed by atoms with Crippen LogP contribution in [0.25, 0.3) is 11.0 Å². The Balaban J connectivity index is 1.39. The van der Waals surface area contributed by atoms with Gasteiger partial charge in [0.15, 0.2) is 9.99 Å². The maximum atomic E-state index is 12.4.